The van der Waals surface area contributed by atoms with Crippen molar-refractivity contribution in [2.24, 2.45) is 13.0 Å². The molecule has 1 unspecified atom stereocenters. The molecule has 3 rings (SSSR count). The van der Waals surface area contributed by atoms with E-state index >= 15 is 0 Å². The van der Waals surface area contributed by atoms with Crippen molar-refractivity contribution in [3.63, 3.8) is 0 Å². The van der Waals surface area contributed by atoms with Gasteiger partial charge in [-0.2, -0.15) is 0 Å². The summed E-state index contributed by atoms with van der Waals surface area (Å²) in [6.45, 7) is 4.73. The Morgan fingerprint density at radius 2 is 1.87 bits per heavy atom. The first kappa shape index (κ1) is 16.4. The zero-order chi connectivity index (χ0) is 16.4. The van der Waals surface area contributed by atoms with Crippen LogP contribution < -0.4 is 0 Å². The van der Waals surface area contributed by atoms with Gasteiger partial charge >= 0.3 is 0 Å². The number of hydrogen-bond acceptors (Lipinski definition) is 4. The van der Waals surface area contributed by atoms with E-state index in [0.717, 1.165) is 49.7 Å². The van der Waals surface area contributed by atoms with E-state index in [1.165, 1.54) is 0 Å². The zero-order valence-corrected chi connectivity index (χ0v) is 14.4. The van der Waals surface area contributed by atoms with Crippen LogP contribution in [-0.4, -0.2) is 37.9 Å². The van der Waals surface area contributed by atoms with E-state index in [4.69, 9.17) is 11.6 Å². The zero-order valence-electron chi connectivity index (χ0n) is 13.6. The number of hydrogen-bond donors (Lipinski definition) is 1. The van der Waals surface area contributed by atoms with Crippen LogP contribution in [0.2, 0.25) is 5.02 Å². The van der Waals surface area contributed by atoms with Gasteiger partial charge in [0.25, 0.3) is 0 Å². The lowest BCUT2D eigenvalue weighted by Gasteiger charge is -2.34. The summed E-state index contributed by atoms with van der Waals surface area (Å²) in [7, 11) is 2.00. The van der Waals surface area contributed by atoms with Crippen LogP contribution in [0.3, 0.4) is 0 Å². The fraction of sp³-hybridized carbons (Fsp3) is 0.529. The maximum absolute atomic E-state index is 10.6. The first-order chi connectivity index (χ1) is 11.0. The highest BCUT2D eigenvalue weighted by Crippen LogP contribution is 2.31. The Hall–Kier alpha value is -1.43. The largest absolute Gasteiger partial charge is 0.388 e. The number of aliphatic hydroxyl groups is 1. The predicted octanol–water partition coefficient (Wildman–Crippen LogP) is 2.72. The van der Waals surface area contributed by atoms with Gasteiger partial charge in [0.1, 0.15) is 11.6 Å². The van der Waals surface area contributed by atoms with E-state index in [-0.39, 0.29) is 0 Å². The first-order valence-corrected chi connectivity index (χ1v) is 8.43. The number of nitrogens with zero attached hydrogens (tertiary/aromatic N) is 4. The third kappa shape index (κ3) is 3.74. The van der Waals surface area contributed by atoms with Crippen molar-refractivity contribution in [2.75, 3.05) is 13.1 Å². The molecule has 6 heteroatoms. The molecule has 5 nitrogen and oxygen atoms in total. The van der Waals surface area contributed by atoms with E-state index in [1.807, 2.05) is 42.8 Å². The standard InChI is InChI=1S/C17H23ClN4O/c1-12-19-20-16(21(12)2)11-22-9-7-14(8-10-22)17(23)13-3-5-15(18)6-4-13/h3-6,14,17,23H,7-11H2,1-2H3. The molecule has 0 spiro atoms. The Kier molecular flexibility index (Phi) is 4.99. The molecule has 0 amide bonds. The van der Waals surface area contributed by atoms with Crippen molar-refractivity contribution < 1.29 is 5.11 Å². The van der Waals surface area contributed by atoms with E-state index in [2.05, 4.69) is 15.1 Å². The van der Waals surface area contributed by atoms with Crippen LogP contribution in [0.15, 0.2) is 24.3 Å². The second-order valence-corrected chi connectivity index (χ2v) is 6.77. The van der Waals surface area contributed by atoms with Gasteiger partial charge in [0.05, 0.1) is 12.6 Å². The van der Waals surface area contributed by atoms with Crippen molar-refractivity contribution in [2.45, 2.75) is 32.4 Å². The molecule has 23 heavy (non-hydrogen) atoms. The van der Waals surface area contributed by atoms with Gasteiger partial charge in [-0.3, -0.25) is 4.90 Å². The minimum atomic E-state index is -0.411. The van der Waals surface area contributed by atoms with Gasteiger partial charge in [0.15, 0.2) is 0 Å². The summed E-state index contributed by atoms with van der Waals surface area (Å²) in [6, 6.07) is 7.51. The van der Waals surface area contributed by atoms with E-state index < -0.39 is 6.10 Å². The minimum absolute atomic E-state index is 0.300. The number of aliphatic hydroxyl groups excluding tert-OH is 1. The topological polar surface area (TPSA) is 54.2 Å². The number of likely N-dealkylation sites (tertiary alicyclic amines) is 1. The van der Waals surface area contributed by atoms with Gasteiger partial charge in [-0.15, -0.1) is 10.2 Å². The first-order valence-electron chi connectivity index (χ1n) is 8.05. The summed E-state index contributed by atoms with van der Waals surface area (Å²) >= 11 is 5.91. The minimum Gasteiger partial charge on any atom is -0.388 e. The molecule has 124 valence electrons. The van der Waals surface area contributed by atoms with Gasteiger partial charge in [-0.25, -0.2) is 0 Å². The van der Waals surface area contributed by atoms with Crippen LogP contribution in [-0.2, 0) is 13.6 Å². The van der Waals surface area contributed by atoms with Crippen LogP contribution in [0.1, 0.15) is 36.2 Å². The second-order valence-electron chi connectivity index (χ2n) is 6.33. The van der Waals surface area contributed by atoms with Crippen LogP contribution in [0.4, 0.5) is 0 Å². The van der Waals surface area contributed by atoms with Crippen molar-refractivity contribution in [3.8, 4) is 0 Å². The molecule has 2 heterocycles. The van der Waals surface area contributed by atoms with E-state index in [9.17, 15) is 5.11 Å². The van der Waals surface area contributed by atoms with Crippen LogP contribution >= 0.6 is 11.6 Å². The van der Waals surface area contributed by atoms with Crippen molar-refractivity contribution >= 4 is 11.6 Å². The summed E-state index contributed by atoms with van der Waals surface area (Å²) in [5.41, 5.74) is 0.955. The average molecular weight is 335 g/mol. The highest BCUT2D eigenvalue weighted by molar-refractivity contribution is 6.30. The Morgan fingerprint density at radius 3 is 2.43 bits per heavy atom. The fourth-order valence-electron chi connectivity index (χ4n) is 3.15. The molecule has 0 bridgehead atoms. The number of halogens is 1. The molecule has 1 fully saturated rings. The van der Waals surface area contributed by atoms with E-state index in [1.54, 1.807) is 0 Å². The smallest absolute Gasteiger partial charge is 0.146 e. The Bertz CT molecular complexity index is 647. The molecular formula is C17H23ClN4O. The molecule has 2 aromatic rings. The number of aryl methyl sites for hydroxylation is 1. The van der Waals surface area contributed by atoms with Gasteiger partial charge in [0.2, 0.25) is 0 Å². The maximum atomic E-state index is 10.6. The third-order valence-electron chi connectivity index (χ3n) is 4.84. The molecule has 0 aliphatic carbocycles. The number of rotatable bonds is 4. The molecule has 1 atom stereocenters. The van der Waals surface area contributed by atoms with Crippen LogP contribution in [0, 0.1) is 12.8 Å². The molecule has 1 aliphatic rings. The Labute approximate surface area is 141 Å². The number of aromatic nitrogens is 3. The van der Waals surface area contributed by atoms with Gasteiger partial charge in [-0.1, -0.05) is 23.7 Å². The lowest BCUT2D eigenvalue weighted by Crippen LogP contribution is -2.35. The quantitative estimate of drug-likeness (QED) is 0.934. The molecule has 1 saturated heterocycles. The van der Waals surface area contributed by atoms with Crippen LogP contribution in [0.25, 0.3) is 0 Å². The van der Waals surface area contributed by atoms with Crippen LogP contribution in [0.5, 0.6) is 0 Å². The Balaban J connectivity index is 1.55. The lowest BCUT2D eigenvalue weighted by atomic mass is 9.87. The monoisotopic (exact) mass is 334 g/mol. The summed E-state index contributed by atoms with van der Waals surface area (Å²) in [5, 5.41) is 19.6. The molecule has 0 saturated carbocycles. The SMILES string of the molecule is Cc1nnc(CN2CCC(C(O)c3ccc(Cl)cc3)CC2)n1C. The Morgan fingerprint density at radius 1 is 1.22 bits per heavy atom. The van der Waals surface area contributed by atoms with E-state index in [0.29, 0.717) is 10.9 Å². The second kappa shape index (κ2) is 6.99. The normalized spacial score (nSPS) is 18.3. The molecule has 1 aromatic carbocycles. The van der Waals surface area contributed by atoms with Crippen molar-refractivity contribution in [1.29, 1.82) is 0 Å². The maximum Gasteiger partial charge on any atom is 0.146 e. The summed E-state index contributed by atoms with van der Waals surface area (Å²) in [6.07, 6.45) is 1.56. The summed E-state index contributed by atoms with van der Waals surface area (Å²) < 4.78 is 2.04. The highest BCUT2D eigenvalue weighted by atomic mass is 35.5. The lowest BCUT2D eigenvalue weighted by molar-refractivity contribution is 0.0558. The molecule has 1 aliphatic heterocycles. The summed E-state index contributed by atoms with van der Waals surface area (Å²) in [4.78, 5) is 2.38. The van der Waals surface area contributed by atoms with Gasteiger partial charge in [0, 0.05) is 12.1 Å². The van der Waals surface area contributed by atoms with Crippen molar-refractivity contribution in [3.05, 3.63) is 46.5 Å². The third-order valence-corrected chi connectivity index (χ3v) is 5.09. The number of piperidine rings is 1. The highest BCUT2D eigenvalue weighted by Gasteiger charge is 2.26. The van der Waals surface area contributed by atoms with Gasteiger partial charge in [-0.05, 0) is 56.5 Å². The fourth-order valence-corrected chi connectivity index (χ4v) is 3.27. The van der Waals surface area contributed by atoms with Crippen molar-refractivity contribution in [1.82, 2.24) is 19.7 Å². The molecule has 1 aromatic heterocycles. The summed E-state index contributed by atoms with van der Waals surface area (Å²) in [5.74, 6) is 2.24. The predicted molar refractivity (Wildman–Crippen MR) is 90.2 cm³/mol. The molecule has 0 radical (unpaired) electrons. The molecular weight excluding hydrogens is 312 g/mol. The van der Waals surface area contributed by atoms with Gasteiger partial charge < -0.3 is 9.67 Å². The average Bonchev–Trinajstić information content (AvgIpc) is 2.88. The number of benzene rings is 1. The molecule has 1 N–H and O–H groups in total.